The molecule has 0 aliphatic heterocycles. The molecule has 4 heteroatoms. The fourth-order valence-electron chi connectivity index (χ4n) is 2.55. The van der Waals surface area contributed by atoms with E-state index in [4.69, 9.17) is 0 Å². The van der Waals surface area contributed by atoms with Crippen molar-refractivity contribution < 1.29 is 9.90 Å². The number of carbonyl (C=O) groups is 1. The lowest BCUT2D eigenvalue weighted by atomic mass is 10.1. The van der Waals surface area contributed by atoms with Crippen molar-refractivity contribution in [3.05, 3.63) is 42.5 Å². The van der Waals surface area contributed by atoms with E-state index in [2.05, 4.69) is 5.32 Å². The van der Waals surface area contributed by atoms with Crippen LogP contribution in [0.3, 0.4) is 0 Å². The molecule has 0 fully saturated rings. The molecule has 2 aromatic carbocycles. The van der Waals surface area contributed by atoms with Crippen molar-refractivity contribution in [1.82, 2.24) is 4.90 Å². The van der Waals surface area contributed by atoms with Gasteiger partial charge in [-0.2, -0.15) is 0 Å². The Morgan fingerprint density at radius 3 is 2.55 bits per heavy atom. The zero-order valence-electron chi connectivity index (χ0n) is 13.5. The van der Waals surface area contributed by atoms with Crippen molar-refractivity contribution >= 4 is 22.4 Å². The highest BCUT2D eigenvalue weighted by Crippen LogP contribution is 2.22. The molecule has 0 heterocycles. The summed E-state index contributed by atoms with van der Waals surface area (Å²) >= 11 is 0. The molecule has 0 saturated carbocycles. The van der Waals surface area contributed by atoms with Crippen molar-refractivity contribution in [2.45, 2.75) is 26.4 Å². The summed E-state index contributed by atoms with van der Waals surface area (Å²) in [5.74, 6) is -0.0672. The summed E-state index contributed by atoms with van der Waals surface area (Å²) < 4.78 is 0. The number of nitrogens with zero attached hydrogens (tertiary/aromatic N) is 1. The molecule has 118 valence electrons. The predicted molar refractivity (Wildman–Crippen MR) is 91.0 cm³/mol. The lowest BCUT2D eigenvalue weighted by Crippen LogP contribution is -2.42. The molecule has 0 bridgehead atoms. The van der Waals surface area contributed by atoms with E-state index in [0.717, 1.165) is 16.5 Å². The summed E-state index contributed by atoms with van der Waals surface area (Å²) in [6, 6.07) is 13.8. The SMILES string of the molecule is CCN(CC(=O)Nc1cccc2ccccc12)CC(C)(C)O. The number of aliphatic hydroxyl groups is 1. The monoisotopic (exact) mass is 300 g/mol. The van der Waals surface area contributed by atoms with Crippen LogP contribution in [0.1, 0.15) is 20.8 Å². The van der Waals surface area contributed by atoms with Gasteiger partial charge in [-0.15, -0.1) is 0 Å². The molecule has 0 aromatic heterocycles. The van der Waals surface area contributed by atoms with Crippen molar-refractivity contribution in [2.24, 2.45) is 0 Å². The normalized spacial score (nSPS) is 11.9. The van der Waals surface area contributed by atoms with Crippen LogP contribution in [0.2, 0.25) is 0 Å². The summed E-state index contributed by atoms with van der Waals surface area (Å²) in [5, 5.41) is 15.0. The first-order valence-electron chi connectivity index (χ1n) is 7.61. The van der Waals surface area contributed by atoms with Gasteiger partial charge in [0.15, 0.2) is 0 Å². The molecule has 0 radical (unpaired) electrons. The van der Waals surface area contributed by atoms with Gasteiger partial charge in [-0.1, -0.05) is 43.3 Å². The average molecular weight is 300 g/mol. The number of nitrogens with one attached hydrogen (secondary N) is 1. The number of benzene rings is 2. The van der Waals surface area contributed by atoms with Crippen LogP contribution in [-0.4, -0.2) is 41.1 Å². The fourth-order valence-corrected chi connectivity index (χ4v) is 2.55. The minimum absolute atomic E-state index is 0.0672. The van der Waals surface area contributed by atoms with E-state index >= 15 is 0 Å². The van der Waals surface area contributed by atoms with Crippen LogP contribution in [0.15, 0.2) is 42.5 Å². The van der Waals surface area contributed by atoms with Gasteiger partial charge in [0.2, 0.25) is 5.91 Å². The second kappa shape index (κ2) is 6.90. The van der Waals surface area contributed by atoms with Gasteiger partial charge in [0.1, 0.15) is 0 Å². The fraction of sp³-hybridized carbons (Fsp3) is 0.389. The van der Waals surface area contributed by atoms with E-state index in [0.29, 0.717) is 13.1 Å². The first kappa shape index (κ1) is 16.5. The standard InChI is InChI=1S/C18H24N2O2/c1-4-20(13-18(2,3)22)12-17(21)19-16-11-7-9-14-8-5-6-10-15(14)16/h5-11,22H,4,12-13H2,1-3H3,(H,19,21). The Labute approximate surface area is 131 Å². The van der Waals surface area contributed by atoms with E-state index in [1.165, 1.54) is 0 Å². The first-order chi connectivity index (χ1) is 10.4. The molecule has 0 spiro atoms. The summed E-state index contributed by atoms with van der Waals surface area (Å²) in [6.07, 6.45) is 0. The number of carbonyl (C=O) groups excluding carboxylic acids is 1. The van der Waals surface area contributed by atoms with Crippen LogP contribution in [-0.2, 0) is 4.79 Å². The minimum atomic E-state index is -0.810. The summed E-state index contributed by atoms with van der Waals surface area (Å²) in [6.45, 7) is 6.93. The summed E-state index contributed by atoms with van der Waals surface area (Å²) in [4.78, 5) is 14.2. The largest absolute Gasteiger partial charge is 0.389 e. The van der Waals surface area contributed by atoms with Crippen LogP contribution >= 0.6 is 0 Å². The molecule has 4 nitrogen and oxygen atoms in total. The Morgan fingerprint density at radius 2 is 1.86 bits per heavy atom. The van der Waals surface area contributed by atoms with Gasteiger partial charge in [-0.05, 0) is 31.8 Å². The minimum Gasteiger partial charge on any atom is -0.389 e. The molecular formula is C18H24N2O2. The highest BCUT2D eigenvalue weighted by molar-refractivity contribution is 6.02. The maximum absolute atomic E-state index is 12.3. The summed E-state index contributed by atoms with van der Waals surface area (Å²) in [5.41, 5.74) is 0.0119. The number of hydrogen-bond acceptors (Lipinski definition) is 3. The van der Waals surface area contributed by atoms with E-state index in [1.54, 1.807) is 13.8 Å². The zero-order chi connectivity index (χ0) is 16.2. The molecule has 0 aliphatic rings. The van der Waals surface area contributed by atoms with Gasteiger partial charge in [-0.3, -0.25) is 9.69 Å². The second-order valence-corrected chi connectivity index (χ2v) is 6.19. The second-order valence-electron chi connectivity index (χ2n) is 6.19. The Morgan fingerprint density at radius 1 is 1.18 bits per heavy atom. The molecule has 2 rings (SSSR count). The van der Waals surface area contributed by atoms with E-state index < -0.39 is 5.60 Å². The molecular weight excluding hydrogens is 276 g/mol. The third-order valence-electron chi connectivity index (χ3n) is 3.49. The Hall–Kier alpha value is -1.91. The average Bonchev–Trinajstić information content (AvgIpc) is 2.45. The van der Waals surface area contributed by atoms with E-state index in [9.17, 15) is 9.90 Å². The quantitative estimate of drug-likeness (QED) is 0.862. The number of rotatable bonds is 6. The highest BCUT2D eigenvalue weighted by atomic mass is 16.3. The topological polar surface area (TPSA) is 52.6 Å². The van der Waals surface area contributed by atoms with Crippen molar-refractivity contribution in [1.29, 1.82) is 0 Å². The third kappa shape index (κ3) is 4.55. The van der Waals surface area contributed by atoms with Gasteiger partial charge in [0, 0.05) is 17.6 Å². The maximum atomic E-state index is 12.3. The molecule has 2 N–H and O–H groups in total. The predicted octanol–water partition coefficient (Wildman–Crippen LogP) is 2.87. The Balaban J connectivity index is 2.07. The van der Waals surface area contributed by atoms with Crippen LogP contribution in [0.4, 0.5) is 5.69 Å². The number of likely N-dealkylation sites (N-methyl/N-ethyl adjacent to an activating group) is 1. The molecule has 0 saturated heterocycles. The smallest absolute Gasteiger partial charge is 0.238 e. The van der Waals surface area contributed by atoms with Crippen LogP contribution in [0.5, 0.6) is 0 Å². The Kier molecular flexibility index (Phi) is 5.16. The molecule has 0 unspecified atom stereocenters. The lowest BCUT2D eigenvalue weighted by Gasteiger charge is -2.27. The van der Waals surface area contributed by atoms with Crippen molar-refractivity contribution in [3.63, 3.8) is 0 Å². The van der Waals surface area contributed by atoms with Gasteiger partial charge >= 0.3 is 0 Å². The van der Waals surface area contributed by atoms with Crippen molar-refractivity contribution in [2.75, 3.05) is 25.0 Å². The number of amides is 1. The number of anilines is 1. The molecule has 1 amide bonds. The Bertz CT molecular complexity index is 642. The van der Waals surface area contributed by atoms with Crippen LogP contribution in [0, 0.1) is 0 Å². The molecule has 0 atom stereocenters. The van der Waals surface area contributed by atoms with Gasteiger partial charge in [-0.25, -0.2) is 0 Å². The van der Waals surface area contributed by atoms with Gasteiger partial charge in [0.25, 0.3) is 0 Å². The van der Waals surface area contributed by atoms with E-state index in [-0.39, 0.29) is 12.5 Å². The lowest BCUT2D eigenvalue weighted by molar-refractivity contribution is -0.117. The number of fused-ring (bicyclic) bond motifs is 1. The van der Waals surface area contributed by atoms with Crippen LogP contribution in [0.25, 0.3) is 10.8 Å². The molecule has 0 aliphatic carbocycles. The maximum Gasteiger partial charge on any atom is 0.238 e. The van der Waals surface area contributed by atoms with Gasteiger partial charge in [0.05, 0.1) is 12.1 Å². The number of hydrogen-bond donors (Lipinski definition) is 2. The van der Waals surface area contributed by atoms with Gasteiger partial charge < -0.3 is 10.4 Å². The summed E-state index contributed by atoms with van der Waals surface area (Å²) in [7, 11) is 0. The molecule has 22 heavy (non-hydrogen) atoms. The van der Waals surface area contributed by atoms with Crippen LogP contribution < -0.4 is 5.32 Å². The molecule has 2 aromatic rings. The highest BCUT2D eigenvalue weighted by Gasteiger charge is 2.19. The van der Waals surface area contributed by atoms with Crippen molar-refractivity contribution in [3.8, 4) is 0 Å². The zero-order valence-corrected chi connectivity index (χ0v) is 13.5. The van der Waals surface area contributed by atoms with E-state index in [1.807, 2.05) is 54.3 Å². The first-order valence-corrected chi connectivity index (χ1v) is 7.61. The third-order valence-corrected chi connectivity index (χ3v) is 3.49.